The third-order valence-corrected chi connectivity index (χ3v) is 3.22. The maximum Gasteiger partial charge on any atom is 0.251 e. The number of hydrogen-bond donors (Lipinski definition) is 3. The molecule has 1 aromatic carbocycles. The van der Waals surface area contributed by atoms with Crippen molar-refractivity contribution in [1.82, 2.24) is 5.32 Å². The van der Waals surface area contributed by atoms with Gasteiger partial charge in [-0.3, -0.25) is 4.79 Å². The van der Waals surface area contributed by atoms with Crippen molar-refractivity contribution in [1.29, 1.82) is 0 Å². The molecule has 0 saturated heterocycles. The third kappa shape index (κ3) is 4.91. The van der Waals surface area contributed by atoms with E-state index in [4.69, 9.17) is 5.11 Å². The van der Waals surface area contributed by atoms with E-state index < -0.39 is 0 Å². The third-order valence-electron chi connectivity index (χ3n) is 3.22. The first-order valence-electron chi connectivity index (χ1n) is 6.54. The summed E-state index contributed by atoms with van der Waals surface area (Å²) in [5, 5.41) is 21.5. The van der Waals surface area contributed by atoms with E-state index in [-0.39, 0.29) is 23.7 Å². The molecule has 3 N–H and O–H groups in total. The number of aromatic hydroxyl groups is 1. The summed E-state index contributed by atoms with van der Waals surface area (Å²) in [5.74, 6) is -0.0498. The van der Waals surface area contributed by atoms with Crippen molar-refractivity contribution in [3.63, 3.8) is 0 Å². The molecule has 0 aliphatic heterocycles. The molecule has 0 saturated carbocycles. The number of aliphatic hydroxyl groups is 1. The Hall–Kier alpha value is -1.55. The lowest BCUT2D eigenvalue weighted by Crippen LogP contribution is -2.26. The van der Waals surface area contributed by atoms with Crippen LogP contribution in [0.15, 0.2) is 18.2 Å². The second-order valence-electron chi connectivity index (χ2n) is 5.68. The molecule has 0 spiro atoms. The van der Waals surface area contributed by atoms with Crippen LogP contribution in [0.3, 0.4) is 0 Å². The van der Waals surface area contributed by atoms with Crippen molar-refractivity contribution in [3.8, 4) is 5.75 Å². The zero-order chi connectivity index (χ0) is 14.5. The minimum atomic E-state index is -0.183. The molecule has 0 bridgehead atoms. The van der Waals surface area contributed by atoms with Crippen LogP contribution >= 0.6 is 0 Å². The second-order valence-corrected chi connectivity index (χ2v) is 5.68. The monoisotopic (exact) mass is 265 g/mol. The fraction of sp³-hybridized carbons (Fsp3) is 0.533. The molecule has 0 atom stereocenters. The summed E-state index contributed by atoms with van der Waals surface area (Å²) in [6, 6.07) is 4.89. The standard InChI is InChI=1S/C15H23NO3/c1-11-5-6-12(9-13(11)18)14(19)16-8-4-7-15(2,3)10-17/h5-6,9,17-18H,4,7-8,10H2,1-3H3,(H,16,19). The SMILES string of the molecule is Cc1ccc(C(=O)NCCCC(C)(C)CO)cc1O. The van der Waals surface area contributed by atoms with Crippen molar-refractivity contribution < 1.29 is 15.0 Å². The Bertz CT molecular complexity index is 441. The number of aryl methyl sites for hydroxylation is 1. The number of phenols is 1. The van der Waals surface area contributed by atoms with E-state index >= 15 is 0 Å². The van der Waals surface area contributed by atoms with Gasteiger partial charge in [0.05, 0.1) is 0 Å². The van der Waals surface area contributed by atoms with E-state index in [1.165, 1.54) is 6.07 Å². The summed E-state index contributed by atoms with van der Waals surface area (Å²) in [6.45, 7) is 6.48. The maximum atomic E-state index is 11.8. The molecular weight excluding hydrogens is 242 g/mol. The Kier molecular flexibility index (Phi) is 5.36. The smallest absolute Gasteiger partial charge is 0.251 e. The van der Waals surface area contributed by atoms with Crippen molar-refractivity contribution >= 4 is 5.91 Å². The Labute approximate surface area is 114 Å². The summed E-state index contributed by atoms with van der Waals surface area (Å²) >= 11 is 0. The lowest BCUT2D eigenvalue weighted by molar-refractivity contribution is 0.0948. The van der Waals surface area contributed by atoms with Crippen molar-refractivity contribution in [2.45, 2.75) is 33.6 Å². The number of carbonyl (C=O) groups excluding carboxylic acids is 1. The van der Waals surface area contributed by atoms with Crippen LogP contribution in [0.25, 0.3) is 0 Å². The van der Waals surface area contributed by atoms with Crippen LogP contribution in [-0.4, -0.2) is 29.3 Å². The van der Waals surface area contributed by atoms with E-state index in [9.17, 15) is 9.90 Å². The number of aliphatic hydroxyl groups excluding tert-OH is 1. The van der Waals surface area contributed by atoms with Gasteiger partial charge in [-0.2, -0.15) is 0 Å². The highest BCUT2D eigenvalue weighted by molar-refractivity contribution is 5.94. The van der Waals surface area contributed by atoms with Gasteiger partial charge in [0, 0.05) is 18.7 Å². The van der Waals surface area contributed by atoms with Crippen molar-refractivity contribution in [3.05, 3.63) is 29.3 Å². The first-order valence-corrected chi connectivity index (χ1v) is 6.54. The summed E-state index contributed by atoms with van der Waals surface area (Å²) < 4.78 is 0. The molecule has 0 aliphatic rings. The van der Waals surface area contributed by atoms with Gasteiger partial charge >= 0.3 is 0 Å². The van der Waals surface area contributed by atoms with Crippen LogP contribution in [0.5, 0.6) is 5.75 Å². The van der Waals surface area contributed by atoms with E-state index in [0.717, 1.165) is 18.4 Å². The Morgan fingerprint density at radius 1 is 1.37 bits per heavy atom. The van der Waals surface area contributed by atoms with Gasteiger partial charge in [-0.1, -0.05) is 19.9 Å². The highest BCUT2D eigenvalue weighted by atomic mass is 16.3. The average Bonchev–Trinajstić information content (AvgIpc) is 2.37. The number of hydrogen-bond acceptors (Lipinski definition) is 3. The van der Waals surface area contributed by atoms with Gasteiger partial charge in [0.2, 0.25) is 0 Å². The summed E-state index contributed by atoms with van der Waals surface area (Å²) in [7, 11) is 0. The van der Waals surface area contributed by atoms with Crippen LogP contribution in [0.2, 0.25) is 0 Å². The molecule has 0 aliphatic carbocycles. The summed E-state index contributed by atoms with van der Waals surface area (Å²) in [6.07, 6.45) is 1.67. The van der Waals surface area contributed by atoms with Gasteiger partial charge in [0.1, 0.15) is 5.75 Å². The van der Waals surface area contributed by atoms with Crippen LogP contribution in [0, 0.1) is 12.3 Å². The fourth-order valence-corrected chi connectivity index (χ4v) is 1.70. The lowest BCUT2D eigenvalue weighted by Gasteiger charge is -2.21. The molecule has 0 aromatic heterocycles. The summed E-state index contributed by atoms with van der Waals surface area (Å²) in [4.78, 5) is 11.8. The summed E-state index contributed by atoms with van der Waals surface area (Å²) in [5.41, 5.74) is 1.11. The highest BCUT2D eigenvalue weighted by Crippen LogP contribution is 2.20. The molecule has 0 unspecified atom stereocenters. The number of phenolic OH excluding ortho intramolecular Hbond substituents is 1. The van der Waals surface area contributed by atoms with Crippen LogP contribution < -0.4 is 5.32 Å². The molecule has 0 fully saturated rings. The molecule has 19 heavy (non-hydrogen) atoms. The molecule has 0 radical (unpaired) electrons. The predicted molar refractivity (Wildman–Crippen MR) is 75.3 cm³/mol. The first kappa shape index (κ1) is 15.5. The molecule has 1 rings (SSSR count). The van der Waals surface area contributed by atoms with Gasteiger partial charge in [-0.25, -0.2) is 0 Å². The zero-order valence-corrected chi connectivity index (χ0v) is 11.9. The number of benzene rings is 1. The molecule has 1 aromatic rings. The molecule has 0 heterocycles. The van der Waals surface area contributed by atoms with Gasteiger partial charge < -0.3 is 15.5 Å². The quantitative estimate of drug-likeness (QED) is 0.691. The van der Waals surface area contributed by atoms with E-state index in [0.29, 0.717) is 12.1 Å². The maximum absolute atomic E-state index is 11.8. The molecule has 1 amide bonds. The lowest BCUT2D eigenvalue weighted by atomic mass is 9.89. The van der Waals surface area contributed by atoms with Gasteiger partial charge in [-0.15, -0.1) is 0 Å². The largest absolute Gasteiger partial charge is 0.508 e. The van der Waals surface area contributed by atoms with Crippen LogP contribution in [0.1, 0.15) is 42.6 Å². The minimum absolute atomic E-state index is 0.104. The molecule has 4 heteroatoms. The number of carbonyl (C=O) groups is 1. The Morgan fingerprint density at radius 3 is 2.63 bits per heavy atom. The molecule has 4 nitrogen and oxygen atoms in total. The normalized spacial score (nSPS) is 11.4. The zero-order valence-electron chi connectivity index (χ0n) is 11.9. The van der Waals surface area contributed by atoms with Crippen molar-refractivity contribution in [2.24, 2.45) is 5.41 Å². The fourth-order valence-electron chi connectivity index (χ4n) is 1.70. The van der Waals surface area contributed by atoms with Gasteiger partial charge in [0.15, 0.2) is 0 Å². The topological polar surface area (TPSA) is 69.6 Å². The van der Waals surface area contributed by atoms with Gasteiger partial charge in [0.25, 0.3) is 5.91 Å². The van der Waals surface area contributed by atoms with E-state index in [1.807, 2.05) is 13.8 Å². The van der Waals surface area contributed by atoms with E-state index in [1.54, 1.807) is 19.1 Å². The Morgan fingerprint density at radius 2 is 2.05 bits per heavy atom. The number of nitrogens with one attached hydrogen (secondary N) is 1. The second kappa shape index (κ2) is 6.57. The molecular formula is C15H23NO3. The highest BCUT2D eigenvalue weighted by Gasteiger charge is 2.15. The van der Waals surface area contributed by atoms with Crippen molar-refractivity contribution in [2.75, 3.05) is 13.2 Å². The minimum Gasteiger partial charge on any atom is -0.508 e. The molecule has 106 valence electrons. The van der Waals surface area contributed by atoms with E-state index in [2.05, 4.69) is 5.32 Å². The Balaban J connectivity index is 2.41. The van der Waals surface area contributed by atoms with Crippen LogP contribution in [0.4, 0.5) is 0 Å². The number of rotatable bonds is 6. The van der Waals surface area contributed by atoms with Crippen LogP contribution in [-0.2, 0) is 0 Å². The van der Waals surface area contributed by atoms with Gasteiger partial charge in [-0.05, 0) is 42.9 Å². The first-order chi connectivity index (χ1) is 8.85. The average molecular weight is 265 g/mol. The number of amides is 1. The predicted octanol–water partition coefficient (Wildman–Crippen LogP) is 2.23.